The maximum Gasteiger partial charge on any atom is 0.236 e. The van der Waals surface area contributed by atoms with E-state index < -0.39 is 0 Å². The summed E-state index contributed by atoms with van der Waals surface area (Å²) < 4.78 is 0. The number of aliphatic hydroxyl groups excluding tert-OH is 1. The summed E-state index contributed by atoms with van der Waals surface area (Å²) in [6, 6.07) is 10.2. The zero-order chi connectivity index (χ0) is 14.5. The van der Waals surface area contributed by atoms with Gasteiger partial charge in [-0.05, 0) is 45.2 Å². The van der Waals surface area contributed by atoms with Gasteiger partial charge < -0.3 is 10.0 Å². The minimum atomic E-state index is -0.342. The van der Waals surface area contributed by atoms with Crippen LogP contribution in [0.25, 0.3) is 0 Å². The number of hydrogen-bond donors (Lipinski definition) is 1. The van der Waals surface area contributed by atoms with Crippen molar-refractivity contribution < 1.29 is 9.90 Å². The van der Waals surface area contributed by atoms with Crippen molar-refractivity contribution >= 4 is 17.7 Å². The Morgan fingerprint density at radius 1 is 1.40 bits per heavy atom. The minimum Gasteiger partial charge on any atom is -0.393 e. The fourth-order valence-electron chi connectivity index (χ4n) is 2.75. The van der Waals surface area contributed by atoms with Crippen LogP contribution in [0.1, 0.15) is 33.1 Å². The highest BCUT2D eigenvalue weighted by Gasteiger charge is 2.32. The quantitative estimate of drug-likeness (QED) is 0.849. The zero-order valence-electron chi connectivity index (χ0n) is 12.2. The molecule has 1 N–H and O–H groups in total. The molecule has 110 valence electrons. The van der Waals surface area contributed by atoms with Crippen LogP contribution < -0.4 is 0 Å². The lowest BCUT2D eigenvalue weighted by atomic mass is 10.1. The van der Waals surface area contributed by atoms with Crippen molar-refractivity contribution in [2.24, 2.45) is 0 Å². The number of hydrogen-bond acceptors (Lipinski definition) is 3. The topological polar surface area (TPSA) is 40.5 Å². The van der Waals surface area contributed by atoms with E-state index in [0.717, 1.165) is 24.3 Å². The highest BCUT2D eigenvalue weighted by atomic mass is 32.2. The molecule has 1 aromatic carbocycles. The van der Waals surface area contributed by atoms with Crippen molar-refractivity contribution in [3.8, 4) is 0 Å². The second-order valence-corrected chi connectivity index (χ2v) is 6.90. The van der Waals surface area contributed by atoms with Crippen LogP contribution in [-0.2, 0) is 4.79 Å². The summed E-state index contributed by atoms with van der Waals surface area (Å²) in [5, 5.41) is 9.47. The lowest BCUT2D eigenvalue weighted by molar-refractivity contribution is -0.131. The SMILES string of the molecule is CC(O)CC1CCCN1C(=O)C(C)Sc1ccccc1. The second kappa shape index (κ2) is 7.14. The molecule has 1 heterocycles. The minimum absolute atomic E-state index is 0.0769. The van der Waals surface area contributed by atoms with Gasteiger partial charge in [-0.15, -0.1) is 11.8 Å². The van der Waals surface area contributed by atoms with Gasteiger partial charge in [0.05, 0.1) is 11.4 Å². The smallest absolute Gasteiger partial charge is 0.236 e. The van der Waals surface area contributed by atoms with Crippen LogP contribution >= 0.6 is 11.8 Å². The molecule has 1 saturated heterocycles. The largest absolute Gasteiger partial charge is 0.393 e. The van der Waals surface area contributed by atoms with Crippen molar-refractivity contribution in [1.82, 2.24) is 4.90 Å². The van der Waals surface area contributed by atoms with Gasteiger partial charge in [0.15, 0.2) is 0 Å². The van der Waals surface area contributed by atoms with Gasteiger partial charge in [-0.25, -0.2) is 0 Å². The molecule has 3 atom stereocenters. The van der Waals surface area contributed by atoms with Gasteiger partial charge in [0, 0.05) is 17.5 Å². The van der Waals surface area contributed by atoms with E-state index in [-0.39, 0.29) is 23.3 Å². The number of likely N-dealkylation sites (tertiary alicyclic amines) is 1. The first-order chi connectivity index (χ1) is 9.58. The molecule has 1 aliphatic heterocycles. The molecule has 3 nitrogen and oxygen atoms in total. The molecule has 2 rings (SSSR count). The van der Waals surface area contributed by atoms with Gasteiger partial charge in [0.1, 0.15) is 0 Å². The van der Waals surface area contributed by atoms with Gasteiger partial charge in [0.2, 0.25) is 5.91 Å². The molecule has 1 fully saturated rings. The average Bonchev–Trinajstić information content (AvgIpc) is 2.86. The number of rotatable bonds is 5. The van der Waals surface area contributed by atoms with E-state index in [1.165, 1.54) is 0 Å². The summed E-state index contributed by atoms with van der Waals surface area (Å²) in [7, 11) is 0. The molecule has 3 unspecified atom stereocenters. The summed E-state index contributed by atoms with van der Waals surface area (Å²) in [6.07, 6.45) is 2.41. The van der Waals surface area contributed by atoms with Crippen molar-refractivity contribution in [3.63, 3.8) is 0 Å². The number of carbonyl (C=O) groups is 1. The van der Waals surface area contributed by atoms with E-state index >= 15 is 0 Å². The maximum absolute atomic E-state index is 12.6. The predicted molar refractivity (Wildman–Crippen MR) is 82.8 cm³/mol. The van der Waals surface area contributed by atoms with Crippen molar-refractivity contribution in [1.29, 1.82) is 0 Å². The zero-order valence-corrected chi connectivity index (χ0v) is 13.0. The Hall–Kier alpha value is -1.00. The molecule has 0 radical (unpaired) electrons. The van der Waals surface area contributed by atoms with Crippen LogP contribution in [0.15, 0.2) is 35.2 Å². The highest BCUT2D eigenvalue weighted by Crippen LogP contribution is 2.28. The van der Waals surface area contributed by atoms with Gasteiger partial charge in [-0.3, -0.25) is 4.79 Å². The van der Waals surface area contributed by atoms with Crippen LogP contribution in [0.4, 0.5) is 0 Å². The molecule has 0 bridgehead atoms. The fraction of sp³-hybridized carbons (Fsp3) is 0.562. The first-order valence-electron chi connectivity index (χ1n) is 7.28. The van der Waals surface area contributed by atoms with Crippen molar-refractivity contribution in [3.05, 3.63) is 30.3 Å². The third kappa shape index (κ3) is 4.00. The van der Waals surface area contributed by atoms with E-state index in [9.17, 15) is 9.90 Å². The van der Waals surface area contributed by atoms with Crippen LogP contribution in [0, 0.1) is 0 Å². The molecule has 1 aliphatic rings. The Morgan fingerprint density at radius 2 is 2.10 bits per heavy atom. The Balaban J connectivity index is 1.95. The van der Waals surface area contributed by atoms with Crippen LogP contribution in [-0.4, -0.2) is 39.9 Å². The number of thioether (sulfide) groups is 1. The summed E-state index contributed by atoms with van der Waals surface area (Å²) >= 11 is 1.61. The molecule has 1 amide bonds. The molecule has 20 heavy (non-hydrogen) atoms. The molecule has 0 spiro atoms. The average molecular weight is 293 g/mol. The van der Waals surface area contributed by atoms with E-state index in [1.54, 1.807) is 18.7 Å². The van der Waals surface area contributed by atoms with E-state index in [0.29, 0.717) is 6.42 Å². The molecular weight excluding hydrogens is 270 g/mol. The fourth-order valence-corrected chi connectivity index (χ4v) is 3.71. The first kappa shape index (κ1) is 15.4. The Labute approximate surface area is 125 Å². The predicted octanol–water partition coefficient (Wildman–Crippen LogP) is 2.93. The van der Waals surface area contributed by atoms with Gasteiger partial charge in [0.25, 0.3) is 0 Å². The summed E-state index contributed by atoms with van der Waals surface area (Å²) in [5.74, 6) is 0.196. The maximum atomic E-state index is 12.6. The lowest BCUT2D eigenvalue weighted by Gasteiger charge is -2.28. The molecule has 0 aromatic heterocycles. The number of nitrogens with zero attached hydrogens (tertiary/aromatic N) is 1. The third-order valence-electron chi connectivity index (χ3n) is 3.68. The summed E-state index contributed by atoms with van der Waals surface area (Å²) in [5.41, 5.74) is 0. The van der Waals surface area contributed by atoms with E-state index in [1.807, 2.05) is 42.2 Å². The molecule has 0 saturated carbocycles. The molecular formula is C16H23NO2S. The van der Waals surface area contributed by atoms with Crippen molar-refractivity contribution in [2.75, 3.05) is 6.54 Å². The van der Waals surface area contributed by atoms with Crippen LogP contribution in [0.5, 0.6) is 0 Å². The number of amides is 1. The van der Waals surface area contributed by atoms with Gasteiger partial charge in [-0.2, -0.15) is 0 Å². The van der Waals surface area contributed by atoms with Gasteiger partial charge in [-0.1, -0.05) is 18.2 Å². The van der Waals surface area contributed by atoms with Crippen LogP contribution in [0.3, 0.4) is 0 Å². The summed E-state index contributed by atoms with van der Waals surface area (Å²) in [4.78, 5) is 15.7. The Morgan fingerprint density at radius 3 is 2.75 bits per heavy atom. The standard InChI is InChI=1S/C16H23NO2S/c1-12(18)11-14-7-6-10-17(14)16(19)13(2)20-15-8-4-3-5-9-15/h3-5,8-9,12-14,18H,6-7,10-11H2,1-2H3. The van der Waals surface area contributed by atoms with Crippen LogP contribution in [0.2, 0.25) is 0 Å². The van der Waals surface area contributed by atoms with E-state index in [2.05, 4.69) is 0 Å². The monoisotopic (exact) mass is 293 g/mol. The third-order valence-corrected chi connectivity index (χ3v) is 4.78. The number of benzene rings is 1. The normalized spacial score (nSPS) is 21.8. The molecule has 4 heteroatoms. The lowest BCUT2D eigenvalue weighted by Crippen LogP contribution is -2.41. The Bertz CT molecular complexity index is 435. The van der Waals surface area contributed by atoms with E-state index in [4.69, 9.17) is 0 Å². The summed E-state index contributed by atoms with van der Waals surface area (Å²) in [6.45, 7) is 4.59. The number of aliphatic hydroxyl groups is 1. The highest BCUT2D eigenvalue weighted by molar-refractivity contribution is 8.00. The van der Waals surface area contributed by atoms with Gasteiger partial charge >= 0.3 is 0 Å². The molecule has 0 aliphatic carbocycles. The first-order valence-corrected chi connectivity index (χ1v) is 8.16. The number of carbonyl (C=O) groups excluding carboxylic acids is 1. The molecule has 1 aromatic rings. The van der Waals surface area contributed by atoms with Crippen molar-refractivity contribution in [2.45, 2.75) is 55.4 Å². The second-order valence-electron chi connectivity index (χ2n) is 5.49. The Kier molecular flexibility index (Phi) is 5.49.